The quantitative estimate of drug-likeness (QED) is 0.884. The van der Waals surface area contributed by atoms with Crippen LogP contribution in [0.5, 0.6) is 0 Å². The second-order valence-electron chi connectivity index (χ2n) is 5.21. The molecular formula is C13H13ClF3N3O2S. The Hall–Kier alpha value is -1.34. The maximum absolute atomic E-state index is 12.3. The monoisotopic (exact) mass is 367 g/mol. The second-order valence-corrected chi connectivity index (χ2v) is 7.33. The minimum Gasteiger partial charge on any atom is -0.293 e. The molecule has 23 heavy (non-hydrogen) atoms. The Balaban J connectivity index is 2.05. The normalized spacial score (nSPS) is 19.7. The number of nitrogens with one attached hydrogen (secondary N) is 1. The first-order valence-corrected chi connectivity index (χ1v) is 8.48. The molecule has 1 fully saturated rings. The van der Waals surface area contributed by atoms with Crippen LogP contribution in [0, 0.1) is 11.3 Å². The summed E-state index contributed by atoms with van der Waals surface area (Å²) in [6.45, 7) is -0.905. The van der Waals surface area contributed by atoms with E-state index < -0.39 is 28.8 Å². The summed E-state index contributed by atoms with van der Waals surface area (Å²) < 4.78 is 63.8. The standard InChI is InChI=1S/C13H13ClF3N3O2S/c14-12-5-11(2-1-9(12)6-18)23(21,22)19-10-3-4-20(7-10)8-13(15,16)17/h1-2,5,10,19H,3-4,7-8H2. The fraction of sp³-hybridized carbons (Fsp3) is 0.462. The molecule has 10 heteroatoms. The molecule has 0 amide bonds. The van der Waals surface area contributed by atoms with Crippen LogP contribution in [0.2, 0.25) is 5.02 Å². The third-order valence-corrected chi connectivity index (χ3v) is 5.20. The lowest BCUT2D eigenvalue weighted by Gasteiger charge is -2.18. The van der Waals surface area contributed by atoms with Crippen LogP contribution in [-0.4, -0.2) is 45.2 Å². The molecule has 0 radical (unpaired) electrons. The topological polar surface area (TPSA) is 73.2 Å². The van der Waals surface area contributed by atoms with Crippen LogP contribution in [0.15, 0.2) is 23.1 Å². The number of likely N-dealkylation sites (tertiary alicyclic amines) is 1. The van der Waals surface area contributed by atoms with Gasteiger partial charge < -0.3 is 0 Å². The van der Waals surface area contributed by atoms with Gasteiger partial charge in [-0.25, -0.2) is 13.1 Å². The molecule has 0 aliphatic carbocycles. The molecule has 1 atom stereocenters. The summed E-state index contributed by atoms with van der Waals surface area (Å²) in [6.07, 6.45) is -4.02. The van der Waals surface area contributed by atoms with E-state index in [1.165, 1.54) is 12.1 Å². The number of benzene rings is 1. The average molecular weight is 368 g/mol. The largest absolute Gasteiger partial charge is 0.401 e. The SMILES string of the molecule is N#Cc1ccc(S(=O)(=O)NC2CCN(CC(F)(F)F)C2)cc1Cl. The molecule has 126 valence electrons. The maximum Gasteiger partial charge on any atom is 0.401 e. The van der Waals surface area contributed by atoms with E-state index in [1.807, 2.05) is 6.07 Å². The van der Waals surface area contributed by atoms with Crippen molar-refractivity contribution in [2.45, 2.75) is 23.5 Å². The number of hydrogen-bond acceptors (Lipinski definition) is 4. The summed E-state index contributed by atoms with van der Waals surface area (Å²) in [7, 11) is -3.91. The molecule has 1 unspecified atom stereocenters. The van der Waals surface area contributed by atoms with E-state index in [4.69, 9.17) is 16.9 Å². The van der Waals surface area contributed by atoms with Gasteiger partial charge in [-0.05, 0) is 24.6 Å². The van der Waals surface area contributed by atoms with Crippen LogP contribution in [-0.2, 0) is 10.0 Å². The molecule has 0 aromatic heterocycles. The van der Waals surface area contributed by atoms with Crippen LogP contribution >= 0.6 is 11.6 Å². The molecule has 1 aliphatic heterocycles. The van der Waals surface area contributed by atoms with Gasteiger partial charge in [-0.2, -0.15) is 18.4 Å². The first kappa shape index (κ1) is 18.0. The first-order chi connectivity index (χ1) is 10.6. The van der Waals surface area contributed by atoms with Crippen molar-refractivity contribution in [1.82, 2.24) is 9.62 Å². The number of rotatable bonds is 4. The van der Waals surface area contributed by atoms with Crippen LogP contribution in [0.4, 0.5) is 13.2 Å². The van der Waals surface area contributed by atoms with Gasteiger partial charge in [0.2, 0.25) is 10.0 Å². The molecular weight excluding hydrogens is 355 g/mol. The maximum atomic E-state index is 12.3. The molecule has 1 saturated heterocycles. The fourth-order valence-corrected chi connectivity index (χ4v) is 3.94. The Kier molecular flexibility index (Phi) is 5.20. The van der Waals surface area contributed by atoms with E-state index >= 15 is 0 Å². The van der Waals surface area contributed by atoms with Crippen LogP contribution in [0.3, 0.4) is 0 Å². The highest BCUT2D eigenvalue weighted by atomic mass is 35.5. The van der Waals surface area contributed by atoms with Gasteiger partial charge in [0.25, 0.3) is 0 Å². The van der Waals surface area contributed by atoms with Gasteiger partial charge in [0.1, 0.15) is 6.07 Å². The zero-order valence-corrected chi connectivity index (χ0v) is 13.3. The van der Waals surface area contributed by atoms with Crippen molar-refractivity contribution in [1.29, 1.82) is 5.26 Å². The molecule has 5 nitrogen and oxygen atoms in total. The van der Waals surface area contributed by atoms with Crippen molar-refractivity contribution in [2.24, 2.45) is 0 Å². The number of halogens is 4. The zero-order chi connectivity index (χ0) is 17.3. The van der Waals surface area contributed by atoms with E-state index in [1.54, 1.807) is 0 Å². The van der Waals surface area contributed by atoms with Gasteiger partial charge in [0.15, 0.2) is 0 Å². The average Bonchev–Trinajstić information content (AvgIpc) is 2.82. The Morgan fingerprint density at radius 1 is 1.43 bits per heavy atom. The van der Waals surface area contributed by atoms with Gasteiger partial charge in [0.05, 0.1) is 22.0 Å². The number of alkyl halides is 3. The van der Waals surface area contributed by atoms with Crippen molar-refractivity contribution < 1.29 is 21.6 Å². The highest BCUT2D eigenvalue weighted by Crippen LogP contribution is 2.23. The van der Waals surface area contributed by atoms with E-state index in [9.17, 15) is 21.6 Å². The predicted molar refractivity (Wildman–Crippen MR) is 77.4 cm³/mol. The molecule has 2 rings (SSSR count). The predicted octanol–water partition coefficient (Wildman–Crippen LogP) is 2.13. The summed E-state index contributed by atoms with van der Waals surface area (Å²) in [5.41, 5.74) is 0.142. The van der Waals surface area contributed by atoms with Crippen LogP contribution in [0.1, 0.15) is 12.0 Å². The lowest BCUT2D eigenvalue weighted by atomic mass is 10.2. The van der Waals surface area contributed by atoms with Crippen molar-refractivity contribution in [2.75, 3.05) is 19.6 Å². The van der Waals surface area contributed by atoms with Gasteiger partial charge in [-0.3, -0.25) is 4.90 Å². The van der Waals surface area contributed by atoms with E-state index in [2.05, 4.69) is 4.72 Å². The van der Waals surface area contributed by atoms with Gasteiger partial charge in [-0.15, -0.1) is 0 Å². The molecule has 1 aromatic rings. The van der Waals surface area contributed by atoms with Crippen LogP contribution in [0.25, 0.3) is 0 Å². The second kappa shape index (κ2) is 6.65. The Morgan fingerprint density at radius 3 is 2.70 bits per heavy atom. The van der Waals surface area contributed by atoms with Gasteiger partial charge in [-0.1, -0.05) is 11.6 Å². The molecule has 1 aliphatic rings. The molecule has 1 N–H and O–H groups in total. The highest BCUT2D eigenvalue weighted by Gasteiger charge is 2.35. The first-order valence-electron chi connectivity index (χ1n) is 6.62. The molecule has 0 spiro atoms. The summed E-state index contributed by atoms with van der Waals surface area (Å²) in [5.74, 6) is 0. The number of hydrogen-bond donors (Lipinski definition) is 1. The fourth-order valence-electron chi connectivity index (χ4n) is 2.37. The van der Waals surface area contributed by atoms with Crippen LogP contribution < -0.4 is 4.72 Å². The molecule has 1 aromatic carbocycles. The van der Waals surface area contributed by atoms with Crippen molar-refractivity contribution in [3.63, 3.8) is 0 Å². The third-order valence-electron chi connectivity index (χ3n) is 3.37. The molecule has 1 heterocycles. The lowest BCUT2D eigenvalue weighted by molar-refractivity contribution is -0.143. The Bertz CT molecular complexity index is 731. The van der Waals surface area contributed by atoms with E-state index in [0.717, 1.165) is 11.0 Å². The minimum absolute atomic E-state index is 0.000458. The van der Waals surface area contributed by atoms with Crippen molar-refractivity contribution >= 4 is 21.6 Å². The zero-order valence-electron chi connectivity index (χ0n) is 11.8. The Morgan fingerprint density at radius 2 is 2.13 bits per heavy atom. The number of nitrogens with zero attached hydrogens (tertiary/aromatic N) is 2. The molecule has 0 saturated carbocycles. The Labute approximate surface area is 136 Å². The van der Waals surface area contributed by atoms with Gasteiger partial charge >= 0.3 is 6.18 Å². The number of sulfonamides is 1. The highest BCUT2D eigenvalue weighted by molar-refractivity contribution is 7.89. The third kappa shape index (κ3) is 4.81. The van der Waals surface area contributed by atoms with Crippen molar-refractivity contribution in [3.05, 3.63) is 28.8 Å². The molecule has 0 bridgehead atoms. The minimum atomic E-state index is -4.31. The van der Waals surface area contributed by atoms with Crippen molar-refractivity contribution in [3.8, 4) is 6.07 Å². The van der Waals surface area contributed by atoms with Gasteiger partial charge in [0, 0.05) is 19.1 Å². The lowest BCUT2D eigenvalue weighted by Crippen LogP contribution is -2.39. The van der Waals surface area contributed by atoms with E-state index in [-0.39, 0.29) is 28.6 Å². The summed E-state index contributed by atoms with van der Waals surface area (Å²) in [4.78, 5) is 1.02. The summed E-state index contributed by atoms with van der Waals surface area (Å²) in [6, 6.07) is 4.87. The summed E-state index contributed by atoms with van der Waals surface area (Å²) >= 11 is 5.80. The smallest absolute Gasteiger partial charge is 0.293 e. The summed E-state index contributed by atoms with van der Waals surface area (Å²) in [5, 5.41) is 8.77. The van der Waals surface area contributed by atoms with E-state index in [0.29, 0.717) is 6.42 Å². The number of nitriles is 1.